The Morgan fingerprint density at radius 3 is 2.71 bits per heavy atom. The summed E-state index contributed by atoms with van der Waals surface area (Å²) in [6, 6.07) is 4.94. The van der Waals surface area contributed by atoms with E-state index in [1.165, 1.54) is 0 Å². The van der Waals surface area contributed by atoms with Crippen LogP contribution >= 0.6 is 11.6 Å². The van der Waals surface area contributed by atoms with Crippen LogP contribution in [0.5, 0.6) is 0 Å². The lowest BCUT2D eigenvalue weighted by molar-refractivity contribution is -0.144. The Hall–Kier alpha value is -1.55. The van der Waals surface area contributed by atoms with E-state index in [0.717, 1.165) is 24.8 Å². The zero-order valence-electron chi connectivity index (χ0n) is 11.8. The van der Waals surface area contributed by atoms with E-state index in [4.69, 9.17) is 11.6 Å². The first-order chi connectivity index (χ1) is 9.99. The van der Waals surface area contributed by atoms with E-state index in [1.807, 2.05) is 0 Å². The molecule has 4 unspecified atom stereocenters. The minimum Gasteiger partial charge on any atom is -0.481 e. The number of carboxylic acid groups (broad SMARTS) is 1. The van der Waals surface area contributed by atoms with E-state index in [9.17, 15) is 14.7 Å². The number of benzene rings is 1. The summed E-state index contributed by atoms with van der Waals surface area (Å²) in [4.78, 5) is 23.9. The largest absolute Gasteiger partial charge is 0.481 e. The Bertz CT molecular complexity index is 601. The Morgan fingerprint density at radius 1 is 1.29 bits per heavy atom. The van der Waals surface area contributed by atoms with E-state index in [-0.39, 0.29) is 17.9 Å². The van der Waals surface area contributed by atoms with Crippen LogP contribution in [0.3, 0.4) is 0 Å². The SMILES string of the molecule is Cc1c(Cl)cccc1C(=O)NC1C2CCC(C2)C1C(=O)O. The van der Waals surface area contributed by atoms with Gasteiger partial charge in [-0.05, 0) is 55.7 Å². The van der Waals surface area contributed by atoms with Crippen molar-refractivity contribution in [2.24, 2.45) is 17.8 Å². The molecule has 0 radical (unpaired) electrons. The summed E-state index contributed by atoms with van der Waals surface area (Å²) in [5.74, 6) is -0.973. The van der Waals surface area contributed by atoms with Gasteiger partial charge in [-0.1, -0.05) is 17.7 Å². The standard InChI is InChI=1S/C16H18ClNO3/c1-8-11(3-2-4-12(8)17)15(19)18-14-10-6-5-9(7-10)13(14)16(20)21/h2-4,9-10,13-14H,5-7H2,1H3,(H,18,19)(H,20,21). The minimum absolute atomic E-state index is 0.207. The Morgan fingerprint density at radius 2 is 2.00 bits per heavy atom. The first kappa shape index (κ1) is 14.4. The summed E-state index contributed by atoms with van der Waals surface area (Å²) in [5.41, 5.74) is 1.25. The molecule has 2 N–H and O–H groups in total. The third-order valence-corrected chi connectivity index (χ3v) is 5.42. The van der Waals surface area contributed by atoms with Crippen LogP contribution in [0.4, 0.5) is 0 Å². The molecule has 4 atom stereocenters. The second-order valence-electron chi connectivity index (χ2n) is 6.11. The molecule has 2 aliphatic carbocycles. The molecule has 2 bridgehead atoms. The highest BCUT2D eigenvalue weighted by molar-refractivity contribution is 6.31. The number of aliphatic carboxylic acids is 1. The summed E-state index contributed by atoms with van der Waals surface area (Å²) in [6.45, 7) is 1.80. The topological polar surface area (TPSA) is 66.4 Å². The molecular weight excluding hydrogens is 290 g/mol. The average molecular weight is 308 g/mol. The van der Waals surface area contributed by atoms with Crippen LogP contribution < -0.4 is 5.32 Å². The van der Waals surface area contributed by atoms with Crippen molar-refractivity contribution in [2.45, 2.75) is 32.2 Å². The molecule has 5 heteroatoms. The second kappa shape index (κ2) is 5.34. The lowest BCUT2D eigenvalue weighted by Gasteiger charge is -2.29. The van der Waals surface area contributed by atoms with Gasteiger partial charge in [-0.2, -0.15) is 0 Å². The third kappa shape index (κ3) is 2.42. The molecule has 2 saturated carbocycles. The molecule has 0 saturated heterocycles. The maximum absolute atomic E-state index is 12.5. The number of fused-ring (bicyclic) bond motifs is 2. The van der Waals surface area contributed by atoms with Gasteiger partial charge in [-0.3, -0.25) is 9.59 Å². The van der Waals surface area contributed by atoms with Crippen molar-refractivity contribution >= 4 is 23.5 Å². The number of carboxylic acids is 1. The molecule has 1 amide bonds. The van der Waals surface area contributed by atoms with Gasteiger partial charge in [0.15, 0.2) is 0 Å². The van der Waals surface area contributed by atoms with E-state index in [1.54, 1.807) is 25.1 Å². The van der Waals surface area contributed by atoms with Crippen molar-refractivity contribution in [1.82, 2.24) is 5.32 Å². The number of hydrogen-bond acceptors (Lipinski definition) is 2. The van der Waals surface area contributed by atoms with E-state index < -0.39 is 11.9 Å². The third-order valence-electron chi connectivity index (χ3n) is 5.01. The van der Waals surface area contributed by atoms with Crippen molar-refractivity contribution in [2.75, 3.05) is 0 Å². The number of rotatable bonds is 3. The minimum atomic E-state index is -0.796. The number of nitrogens with one attached hydrogen (secondary N) is 1. The molecule has 2 fully saturated rings. The monoisotopic (exact) mass is 307 g/mol. The molecule has 1 aromatic rings. The number of amides is 1. The molecule has 0 heterocycles. The maximum atomic E-state index is 12.5. The summed E-state index contributed by atoms with van der Waals surface area (Å²) in [7, 11) is 0. The highest BCUT2D eigenvalue weighted by atomic mass is 35.5. The van der Waals surface area contributed by atoms with Crippen molar-refractivity contribution < 1.29 is 14.7 Å². The Kier molecular flexibility index (Phi) is 3.66. The van der Waals surface area contributed by atoms with Crippen LogP contribution in [0.1, 0.15) is 35.2 Å². The molecular formula is C16H18ClNO3. The van der Waals surface area contributed by atoms with Crippen LogP contribution in [0.15, 0.2) is 18.2 Å². The van der Waals surface area contributed by atoms with Crippen LogP contribution in [-0.2, 0) is 4.79 Å². The molecule has 0 spiro atoms. The number of carbonyl (C=O) groups is 2. The van der Waals surface area contributed by atoms with Crippen LogP contribution in [0.2, 0.25) is 5.02 Å². The average Bonchev–Trinajstić information content (AvgIpc) is 3.02. The summed E-state index contributed by atoms with van der Waals surface area (Å²) in [5, 5.41) is 12.9. The molecule has 21 heavy (non-hydrogen) atoms. The highest BCUT2D eigenvalue weighted by Gasteiger charge is 2.51. The van der Waals surface area contributed by atoms with Crippen molar-refractivity contribution in [1.29, 1.82) is 0 Å². The maximum Gasteiger partial charge on any atom is 0.308 e. The van der Waals surface area contributed by atoms with Gasteiger partial charge in [0, 0.05) is 16.6 Å². The first-order valence-corrected chi connectivity index (χ1v) is 7.65. The fourth-order valence-electron chi connectivity index (χ4n) is 3.94. The number of hydrogen-bond donors (Lipinski definition) is 2. The lowest BCUT2D eigenvalue weighted by atomic mass is 9.84. The van der Waals surface area contributed by atoms with Crippen molar-refractivity contribution in [3.05, 3.63) is 34.3 Å². The predicted octanol–water partition coefficient (Wildman–Crippen LogP) is 2.88. The number of carbonyl (C=O) groups excluding carboxylic acids is 1. The van der Waals surface area contributed by atoms with Gasteiger partial charge in [0.05, 0.1) is 5.92 Å². The van der Waals surface area contributed by atoms with Gasteiger partial charge in [0.2, 0.25) is 0 Å². The summed E-state index contributed by atoms with van der Waals surface area (Å²) < 4.78 is 0. The molecule has 0 aromatic heterocycles. The predicted molar refractivity (Wildman–Crippen MR) is 79.4 cm³/mol. The zero-order chi connectivity index (χ0) is 15.1. The van der Waals surface area contributed by atoms with Gasteiger partial charge < -0.3 is 10.4 Å². The molecule has 1 aromatic carbocycles. The number of halogens is 1. The summed E-state index contributed by atoms with van der Waals surface area (Å²) >= 11 is 6.04. The molecule has 0 aliphatic heterocycles. The van der Waals surface area contributed by atoms with E-state index in [2.05, 4.69) is 5.32 Å². The Balaban J connectivity index is 1.81. The normalized spacial score (nSPS) is 30.4. The van der Waals surface area contributed by atoms with E-state index in [0.29, 0.717) is 16.5 Å². The van der Waals surface area contributed by atoms with Gasteiger partial charge in [-0.25, -0.2) is 0 Å². The smallest absolute Gasteiger partial charge is 0.308 e. The van der Waals surface area contributed by atoms with Crippen LogP contribution in [0.25, 0.3) is 0 Å². The van der Waals surface area contributed by atoms with Crippen LogP contribution in [0, 0.1) is 24.7 Å². The van der Waals surface area contributed by atoms with E-state index >= 15 is 0 Å². The van der Waals surface area contributed by atoms with Gasteiger partial charge >= 0.3 is 5.97 Å². The molecule has 4 nitrogen and oxygen atoms in total. The second-order valence-corrected chi connectivity index (χ2v) is 6.52. The fraction of sp³-hybridized carbons (Fsp3) is 0.500. The molecule has 3 rings (SSSR count). The summed E-state index contributed by atoms with van der Waals surface area (Å²) in [6.07, 6.45) is 2.88. The molecule has 112 valence electrons. The zero-order valence-corrected chi connectivity index (χ0v) is 12.6. The van der Waals surface area contributed by atoms with Crippen molar-refractivity contribution in [3.8, 4) is 0 Å². The van der Waals surface area contributed by atoms with Crippen molar-refractivity contribution in [3.63, 3.8) is 0 Å². The van der Waals surface area contributed by atoms with Crippen LogP contribution in [-0.4, -0.2) is 23.0 Å². The Labute approximate surface area is 128 Å². The van der Waals surface area contributed by atoms with Gasteiger partial charge in [-0.15, -0.1) is 0 Å². The fourth-order valence-corrected chi connectivity index (χ4v) is 4.11. The highest BCUT2D eigenvalue weighted by Crippen LogP contribution is 2.48. The molecule has 2 aliphatic rings. The van der Waals surface area contributed by atoms with Gasteiger partial charge in [0.25, 0.3) is 5.91 Å². The first-order valence-electron chi connectivity index (χ1n) is 7.28. The van der Waals surface area contributed by atoms with Gasteiger partial charge in [0.1, 0.15) is 0 Å². The lowest BCUT2D eigenvalue weighted by Crippen LogP contribution is -2.47. The quantitative estimate of drug-likeness (QED) is 0.902.